The van der Waals surface area contributed by atoms with Crippen molar-refractivity contribution in [1.29, 1.82) is 0 Å². The van der Waals surface area contributed by atoms with Gasteiger partial charge in [0.25, 0.3) is 0 Å². The molecule has 0 fully saturated rings. The van der Waals surface area contributed by atoms with Crippen LogP contribution in [0.2, 0.25) is 0 Å². The topological polar surface area (TPSA) is 74.6 Å². The number of benzene rings is 2. The van der Waals surface area contributed by atoms with Gasteiger partial charge in [0.15, 0.2) is 0 Å². The van der Waals surface area contributed by atoms with Crippen molar-refractivity contribution < 1.29 is 19.8 Å². The van der Waals surface area contributed by atoms with Crippen LogP contribution in [0.15, 0.2) is 60.7 Å². The summed E-state index contributed by atoms with van der Waals surface area (Å²) in [5.74, 6) is -4.06. The summed E-state index contributed by atoms with van der Waals surface area (Å²) < 4.78 is 0. The highest BCUT2D eigenvalue weighted by atomic mass is 16.4. The minimum atomic E-state index is -1.07. The molecule has 2 aromatic rings. The lowest BCUT2D eigenvalue weighted by Crippen LogP contribution is -2.21. The number of carboxylic acids is 2. The average Bonchev–Trinajstić information content (AvgIpc) is 2.49. The van der Waals surface area contributed by atoms with E-state index in [1.807, 2.05) is 0 Å². The molecule has 4 heteroatoms. The molecule has 0 aliphatic carbocycles. The maximum Gasteiger partial charge on any atom is 0.311 e. The molecular formula is C17H15O4. The molecule has 0 bridgehead atoms. The number of rotatable bonds is 6. The van der Waals surface area contributed by atoms with E-state index < -0.39 is 23.8 Å². The van der Waals surface area contributed by atoms with Gasteiger partial charge in [-0.1, -0.05) is 60.7 Å². The zero-order valence-electron chi connectivity index (χ0n) is 11.2. The highest BCUT2D eigenvalue weighted by Gasteiger charge is 2.29. The lowest BCUT2D eigenvalue weighted by atomic mass is 9.85. The number of hydrogen-bond acceptors (Lipinski definition) is 2. The summed E-state index contributed by atoms with van der Waals surface area (Å²) in [5, 5.41) is 18.8. The van der Waals surface area contributed by atoms with E-state index in [0.717, 1.165) is 0 Å². The number of carboxylic acid groups (broad SMARTS) is 2. The molecule has 2 rings (SSSR count). The van der Waals surface area contributed by atoms with Crippen LogP contribution in [0.5, 0.6) is 0 Å². The second kappa shape index (κ2) is 6.70. The minimum absolute atomic E-state index is 0.562. The molecule has 0 saturated carbocycles. The maximum atomic E-state index is 11.5. The van der Waals surface area contributed by atoms with Gasteiger partial charge in [-0.2, -0.15) is 0 Å². The molecule has 2 unspecified atom stereocenters. The molecule has 0 aliphatic rings. The Morgan fingerprint density at radius 2 is 1.05 bits per heavy atom. The Hall–Kier alpha value is -2.62. The first kappa shape index (κ1) is 14.8. The normalized spacial score (nSPS) is 13.3. The largest absolute Gasteiger partial charge is 0.481 e. The van der Waals surface area contributed by atoms with E-state index >= 15 is 0 Å². The van der Waals surface area contributed by atoms with Gasteiger partial charge >= 0.3 is 11.9 Å². The third-order valence-corrected chi connectivity index (χ3v) is 3.23. The number of aliphatic carboxylic acids is 2. The lowest BCUT2D eigenvalue weighted by molar-refractivity contribution is -0.139. The van der Waals surface area contributed by atoms with Crippen LogP contribution in [0, 0.1) is 6.42 Å². The predicted molar refractivity (Wildman–Crippen MR) is 77.9 cm³/mol. The van der Waals surface area contributed by atoms with Gasteiger partial charge in [0.1, 0.15) is 0 Å². The first-order valence-corrected chi connectivity index (χ1v) is 6.50. The van der Waals surface area contributed by atoms with E-state index in [2.05, 4.69) is 0 Å². The summed E-state index contributed by atoms with van der Waals surface area (Å²) in [6.45, 7) is 0. The molecule has 2 N–H and O–H groups in total. The van der Waals surface area contributed by atoms with Gasteiger partial charge in [0, 0.05) is 0 Å². The zero-order chi connectivity index (χ0) is 15.2. The van der Waals surface area contributed by atoms with Crippen molar-refractivity contribution in [1.82, 2.24) is 0 Å². The first-order chi connectivity index (χ1) is 10.1. The highest BCUT2D eigenvalue weighted by Crippen LogP contribution is 2.29. The van der Waals surface area contributed by atoms with Crippen LogP contribution in [-0.2, 0) is 9.59 Å². The van der Waals surface area contributed by atoms with Gasteiger partial charge < -0.3 is 10.2 Å². The van der Waals surface area contributed by atoms with Crippen LogP contribution >= 0.6 is 0 Å². The van der Waals surface area contributed by atoms with Crippen molar-refractivity contribution in [3.63, 3.8) is 0 Å². The lowest BCUT2D eigenvalue weighted by Gasteiger charge is -2.18. The molecule has 0 heterocycles. The molecule has 0 amide bonds. The summed E-state index contributed by atoms with van der Waals surface area (Å²) in [5.41, 5.74) is 1.12. The van der Waals surface area contributed by atoms with E-state index in [-0.39, 0.29) is 0 Å². The average molecular weight is 283 g/mol. The second-order valence-corrected chi connectivity index (χ2v) is 4.65. The molecule has 0 saturated heterocycles. The van der Waals surface area contributed by atoms with E-state index in [4.69, 9.17) is 0 Å². The highest BCUT2D eigenvalue weighted by molar-refractivity contribution is 5.83. The monoisotopic (exact) mass is 283 g/mol. The molecule has 4 nitrogen and oxygen atoms in total. The third kappa shape index (κ3) is 3.69. The fraction of sp³-hybridized carbons (Fsp3) is 0.118. The maximum absolute atomic E-state index is 11.5. The summed E-state index contributed by atoms with van der Waals surface area (Å²) >= 11 is 0. The van der Waals surface area contributed by atoms with Crippen molar-refractivity contribution in [2.75, 3.05) is 0 Å². The fourth-order valence-electron chi connectivity index (χ4n) is 2.19. The Bertz CT molecular complexity index is 552. The molecule has 2 atom stereocenters. The van der Waals surface area contributed by atoms with Crippen LogP contribution in [0.3, 0.4) is 0 Å². The van der Waals surface area contributed by atoms with Crippen molar-refractivity contribution in [2.24, 2.45) is 0 Å². The molecule has 2 aromatic carbocycles. The van der Waals surface area contributed by atoms with E-state index in [9.17, 15) is 19.8 Å². The molecule has 0 spiro atoms. The van der Waals surface area contributed by atoms with Gasteiger partial charge in [-0.25, -0.2) is 0 Å². The minimum Gasteiger partial charge on any atom is -0.481 e. The van der Waals surface area contributed by atoms with Gasteiger partial charge in [0.05, 0.1) is 11.8 Å². The Kier molecular flexibility index (Phi) is 4.72. The summed E-state index contributed by atoms with van der Waals surface area (Å²) in [6, 6.07) is 17.2. The molecule has 107 valence electrons. The van der Waals surface area contributed by atoms with Gasteiger partial charge in [0.2, 0.25) is 0 Å². The number of carbonyl (C=O) groups is 2. The SMILES string of the molecule is O=C(O)C([CH]C(C(=O)O)c1ccccc1)c1ccccc1. The molecule has 1 radical (unpaired) electrons. The summed E-state index contributed by atoms with van der Waals surface area (Å²) in [6.07, 6.45) is 1.36. The van der Waals surface area contributed by atoms with Crippen LogP contribution in [0.1, 0.15) is 23.0 Å². The second-order valence-electron chi connectivity index (χ2n) is 4.65. The smallest absolute Gasteiger partial charge is 0.311 e. The zero-order valence-corrected chi connectivity index (χ0v) is 11.2. The Morgan fingerprint density at radius 1 is 0.714 bits per heavy atom. The fourth-order valence-corrected chi connectivity index (χ4v) is 2.19. The molecule has 0 aromatic heterocycles. The summed E-state index contributed by atoms with van der Waals surface area (Å²) in [4.78, 5) is 22.9. The Morgan fingerprint density at radius 3 is 1.33 bits per heavy atom. The number of hydrogen-bond donors (Lipinski definition) is 2. The quantitative estimate of drug-likeness (QED) is 0.854. The van der Waals surface area contributed by atoms with Crippen LogP contribution in [0.4, 0.5) is 0 Å². The van der Waals surface area contributed by atoms with Gasteiger partial charge in [-0.05, 0) is 17.5 Å². The third-order valence-electron chi connectivity index (χ3n) is 3.23. The van der Waals surface area contributed by atoms with E-state index in [1.165, 1.54) is 6.42 Å². The van der Waals surface area contributed by atoms with Gasteiger partial charge in [-0.15, -0.1) is 0 Å². The van der Waals surface area contributed by atoms with Crippen molar-refractivity contribution in [3.8, 4) is 0 Å². The van der Waals surface area contributed by atoms with E-state index in [0.29, 0.717) is 11.1 Å². The Labute approximate surface area is 122 Å². The molecular weight excluding hydrogens is 268 g/mol. The van der Waals surface area contributed by atoms with Crippen LogP contribution in [0.25, 0.3) is 0 Å². The molecule has 0 aliphatic heterocycles. The van der Waals surface area contributed by atoms with E-state index in [1.54, 1.807) is 60.7 Å². The predicted octanol–water partition coefficient (Wildman–Crippen LogP) is 2.93. The Balaban J connectivity index is 2.30. The standard InChI is InChI=1S/C17H15O4/c18-16(19)14(12-7-3-1-4-8-12)11-15(17(20)21)13-9-5-2-6-10-13/h1-11,14-15H,(H,18,19)(H,20,21). The van der Waals surface area contributed by atoms with Crippen LogP contribution in [-0.4, -0.2) is 22.2 Å². The van der Waals surface area contributed by atoms with Crippen molar-refractivity contribution >= 4 is 11.9 Å². The van der Waals surface area contributed by atoms with Crippen LogP contribution < -0.4 is 0 Å². The van der Waals surface area contributed by atoms with Crippen molar-refractivity contribution in [3.05, 3.63) is 78.2 Å². The van der Waals surface area contributed by atoms with Gasteiger partial charge in [-0.3, -0.25) is 9.59 Å². The first-order valence-electron chi connectivity index (χ1n) is 6.50. The summed E-state index contributed by atoms with van der Waals surface area (Å²) in [7, 11) is 0. The van der Waals surface area contributed by atoms with Crippen molar-refractivity contribution in [2.45, 2.75) is 11.8 Å². The molecule has 21 heavy (non-hydrogen) atoms.